The number of benzene rings is 2. The number of nitro groups is 1. The summed E-state index contributed by atoms with van der Waals surface area (Å²) in [7, 11) is 0. The second-order valence-electron chi connectivity index (χ2n) is 6.11. The Balaban J connectivity index is 1.87. The van der Waals surface area contributed by atoms with Gasteiger partial charge in [-0.05, 0) is 30.3 Å². The van der Waals surface area contributed by atoms with Gasteiger partial charge in [-0.25, -0.2) is 4.98 Å². The molecule has 2 N–H and O–H groups in total. The average Bonchev–Trinajstić information content (AvgIpc) is 2.69. The highest BCUT2D eigenvalue weighted by Gasteiger charge is 2.35. The van der Waals surface area contributed by atoms with Gasteiger partial charge < -0.3 is 10.4 Å². The first-order valence-electron chi connectivity index (χ1n) is 8.23. The molecule has 0 fully saturated rings. The van der Waals surface area contributed by atoms with Crippen LogP contribution in [0.1, 0.15) is 22.1 Å². The minimum Gasteiger partial charge on any atom is -0.502 e. The molecule has 9 heteroatoms. The van der Waals surface area contributed by atoms with E-state index in [2.05, 4.69) is 10.3 Å². The van der Waals surface area contributed by atoms with Gasteiger partial charge >= 0.3 is 5.69 Å². The van der Waals surface area contributed by atoms with Crippen molar-refractivity contribution >= 4 is 34.7 Å². The Kier molecular flexibility index (Phi) is 4.32. The predicted molar refractivity (Wildman–Crippen MR) is 104 cm³/mol. The zero-order valence-corrected chi connectivity index (χ0v) is 15.0. The summed E-state index contributed by atoms with van der Waals surface area (Å²) in [5.41, 5.74) is 1.01. The van der Waals surface area contributed by atoms with Crippen LogP contribution in [0.2, 0.25) is 5.02 Å². The number of pyridine rings is 1. The van der Waals surface area contributed by atoms with Crippen molar-refractivity contribution in [2.75, 3.05) is 10.2 Å². The van der Waals surface area contributed by atoms with E-state index in [1.165, 1.54) is 29.3 Å². The molecule has 0 radical (unpaired) electrons. The van der Waals surface area contributed by atoms with Gasteiger partial charge in [-0.1, -0.05) is 29.8 Å². The molecule has 2 aromatic carbocycles. The van der Waals surface area contributed by atoms with Crippen LogP contribution in [0.3, 0.4) is 0 Å². The van der Waals surface area contributed by atoms with Crippen LogP contribution in [0.5, 0.6) is 5.75 Å². The molecule has 1 aliphatic heterocycles. The number of carbonyl (C=O) groups excluding carboxylic acids is 1. The maximum Gasteiger partial charge on any atom is 0.311 e. The number of phenols is 1. The van der Waals surface area contributed by atoms with Crippen molar-refractivity contribution in [3.8, 4) is 5.75 Å². The summed E-state index contributed by atoms with van der Waals surface area (Å²) in [4.78, 5) is 29.4. The Morgan fingerprint density at radius 2 is 1.96 bits per heavy atom. The fourth-order valence-corrected chi connectivity index (χ4v) is 3.20. The zero-order chi connectivity index (χ0) is 19.8. The summed E-state index contributed by atoms with van der Waals surface area (Å²) in [5.74, 6) is -0.436. The smallest absolute Gasteiger partial charge is 0.311 e. The molecule has 1 aliphatic rings. The number of halogens is 1. The van der Waals surface area contributed by atoms with E-state index < -0.39 is 22.5 Å². The largest absolute Gasteiger partial charge is 0.502 e. The van der Waals surface area contributed by atoms with Crippen LogP contribution in [0.25, 0.3) is 0 Å². The summed E-state index contributed by atoms with van der Waals surface area (Å²) < 4.78 is 0. The second-order valence-corrected chi connectivity index (χ2v) is 6.54. The Hall–Kier alpha value is -3.65. The number of aromatic hydroxyl groups is 1. The lowest BCUT2D eigenvalue weighted by molar-refractivity contribution is -0.385. The molecule has 0 bridgehead atoms. The molecule has 1 atom stereocenters. The molecule has 1 aromatic heterocycles. The molecule has 0 saturated heterocycles. The summed E-state index contributed by atoms with van der Waals surface area (Å²) in [6.45, 7) is 0. The Morgan fingerprint density at radius 1 is 1.18 bits per heavy atom. The molecule has 4 rings (SSSR count). The van der Waals surface area contributed by atoms with Crippen molar-refractivity contribution in [2.24, 2.45) is 0 Å². The number of hydrogen-bond donors (Lipinski definition) is 2. The van der Waals surface area contributed by atoms with Crippen molar-refractivity contribution in [2.45, 2.75) is 6.17 Å². The molecule has 0 unspecified atom stereocenters. The van der Waals surface area contributed by atoms with Gasteiger partial charge in [0.15, 0.2) is 5.75 Å². The first-order valence-corrected chi connectivity index (χ1v) is 8.61. The number of hydrogen-bond acceptors (Lipinski definition) is 6. The van der Waals surface area contributed by atoms with Gasteiger partial charge in [0, 0.05) is 23.5 Å². The van der Waals surface area contributed by atoms with Gasteiger partial charge in [0.2, 0.25) is 0 Å². The number of nitrogens with one attached hydrogen (secondary N) is 1. The SMILES string of the molecule is O=C1c2ccccc2N[C@@H](c2ccc(O)c([N+](=O)[O-])c2)N1c1ccc(Cl)cn1. The second kappa shape index (κ2) is 6.82. The van der Waals surface area contributed by atoms with Gasteiger partial charge in [0.25, 0.3) is 5.91 Å². The quantitative estimate of drug-likeness (QED) is 0.509. The molecule has 3 aromatic rings. The lowest BCUT2D eigenvalue weighted by Gasteiger charge is -2.37. The molecule has 28 heavy (non-hydrogen) atoms. The van der Waals surface area contributed by atoms with Gasteiger partial charge in [0.1, 0.15) is 12.0 Å². The third-order valence-electron chi connectivity index (χ3n) is 4.40. The maximum absolute atomic E-state index is 13.2. The molecule has 0 aliphatic carbocycles. The van der Waals surface area contributed by atoms with Gasteiger partial charge in [0.05, 0.1) is 15.5 Å². The van der Waals surface area contributed by atoms with Crippen LogP contribution < -0.4 is 10.2 Å². The van der Waals surface area contributed by atoms with Crippen molar-refractivity contribution < 1.29 is 14.8 Å². The summed E-state index contributed by atoms with van der Waals surface area (Å²) in [6, 6.07) is 14.1. The number of fused-ring (bicyclic) bond motifs is 1. The number of aromatic nitrogens is 1. The highest BCUT2D eigenvalue weighted by Crippen LogP contribution is 2.38. The first-order chi connectivity index (χ1) is 13.5. The number of nitrogens with zero attached hydrogens (tertiary/aromatic N) is 3. The van der Waals surface area contributed by atoms with Crippen LogP contribution in [0.4, 0.5) is 17.2 Å². The van der Waals surface area contributed by atoms with E-state index in [9.17, 15) is 20.0 Å². The number of anilines is 2. The van der Waals surface area contributed by atoms with Crippen LogP contribution in [-0.4, -0.2) is 20.9 Å². The summed E-state index contributed by atoms with van der Waals surface area (Å²) in [6.07, 6.45) is 0.649. The van der Waals surface area contributed by atoms with Crippen molar-refractivity contribution in [1.82, 2.24) is 4.98 Å². The third-order valence-corrected chi connectivity index (χ3v) is 4.62. The van der Waals surface area contributed by atoms with Gasteiger partial charge in [-0.15, -0.1) is 0 Å². The number of amides is 1. The molecule has 0 saturated carbocycles. The highest BCUT2D eigenvalue weighted by molar-refractivity contribution is 6.30. The normalized spacial score (nSPS) is 15.7. The van der Waals surface area contributed by atoms with Crippen LogP contribution in [0.15, 0.2) is 60.8 Å². The predicted octanol–water partition coefficient (Wildman–Crippen LogP) is 4.12. The van der Waals surface area contributed by atoms with Crippen molar-refractivity contribution in [3.05, 3.63) is 87.1 Å². The van der Waals surface area contributed by atoms with Crippen LogP contribution in [-0.2, 0) is 0 Å². The fourth-order valence-electron chi connectivity index (χ4n) is 3.09. The highest BCUT2D eigenvalue weighted by atomic mass is 35.5. The van der Waals surface area contributed by atoms with Crippen molar-refractivity contribution in [1.29, 1.82) is 0 Å². The third kappa shape index (κ3) is 2.99. The van der Waals surface area contributed by atoms with E-state index in [-0.39, 0.29) is 5.91 Å². The Labute approximate surface area is 164 Å². The van der Waals surface area contributed by atoms with E-state index in [0.717, 1.165) is 0 Å². The topological polar surface area (TPSA) is 109 Å². The summed E-state index contributed by atoms with van der Waals surface area (Å²) in [5, 5.41) is 24.6. The number of rotatable bonds is 3. The lowest BCUT2D eigenvalue weighted by atomic mass is 10.0. The lowest BCUT2D eigenvalue weighted by Crippen LogP contribution is -2.43. The fraction of sp³-hybridized carbons (Fsp3) is 0.0526. The van der Waals surface area contributed by atoms with E-state index in [4.69, 9.17) is 11.6 Å². The zero-order valence-electron chi connectivity index (χ0n) is 14.2. The van der Waals surface area contributed by atoms with Crippen LogP contribution in [0, 0.1) is 10.1 Å². The number of carbonyl (C=O) groups is 1. The molecule has 2 heterocycles. The Morgan fingerprint density at radius 3 is 2.68 bits per heavy atom. The van der Waals surface area contributed by atoms with Gasteiger partial charge in [-0.3, -0.25) is 19.8 Å². The van der Waals surface area contributed by atoms with E-state index in [1.807, 2.05) is 0 Å². The van der Waals surface area contributed by atoms with Crippen molar-refractivity contribution in [3.63, 3.8) is 0 Å². The minimum absolute atomic E-state index is 0.315. The summed E-state index contributed by atoms with van der Waals surface area (Å²) >= 11 is 5.91. The van der Waals surface area contributed by atoms with Crippen LogP contribution >= 0.6 is 11.6 Å². The molecule has 8 nitrogen and oxygen atoms in total. The molecular weight excluding hydrogens is 384 g/mol. The van der Waals surface area contributed by atoms with E-state index in [0.29, 0.717) is 27.7 Å². The maximum atomic E-state index is 13.2. The standard InChI is InChI=1S/C19H13ClN4O4/c20-12-6-8-17(21-10-12)23-18(11-5-7-16(25)15(9-11)24(27)28)22-14-4-2-1-3-13(14)19(23)26/h1-10,18,22,25H/t18-/m1/s1. The molecule has 140 valence electrons. The van der Waals surface area contributed by atoms with E-state index >= 15 is 0 Å². The Bertz CT molecular complexity index is 1090. The number of para-hydroxylation sites is 1. The first kappa shape index (κ1) is 17.7. The number of phenolic OH excluding ortho intramolecular Hbond substituents is 1. The minimum atomic E-state index is -0.768. The number of nitro benzene ring substituents is 1. The molecular formula is C19H13ClN4O4. The molecule has 1 amide bonds. The monoisotopic (exact) mass is 396 g/mol. The molecule has 0 spiro atoms. The average molecular weight is 397 g/mol. The van der Waals surface area contributed by atoms with E-state index in [1.54, 1.807) is 36.4 Å². The van der Waals surface area contributed by atoms with Gasteiger partial charge in [-0.2, -0.15) is 0 Å².